The third kappa shape index (κ3) is 8.60. The van der Waals surface area contributed by atoms with Gasteiger partial charge >= 0.3 is 0 Å². The Morgan fingerprint density at radius 2 is 1.69 bits per heavy atom. The molecule has 0 aliphatic carbocycles. The number of rotatable bonds is 11. The molecule has 7 nitrogen and oxygen atoms in total. The summed E-state index contributed by atoms with van der Waals surface area (Å²) in [4.78, 5) is 15.4. The van der Waals surface area contributed by atoms with Crippen LogP contribution in [0.25, 0.3) is 0 Å². The third-order valence-electron chi connectivity index (χ3n) is 3.41. The Bertz CT molecular complexity index is 576. The van der Waals surface area contributed by atoms with Gasteiger partial charge in [0.15, 0.2) is 17.5 Å². The van der Waals surface area contributed by atoms with Gasteiger partial charge in [-0.2, -0.15) is 0 Å². The highest BCUT2D eigenvalue weighted by Crippen LogP contribution is 2.28. The van der Waals surface area contributed by atoms with Gasteiger partial charge in [-0.1, -0.05) is 6.07 Å². The van der Waals surface area contributed by atoms with Gasteiger partial charge in [-0.15, -0.1) is 0 Å². The molecule has 3 N–H and O–H groups in total. The Balaban J connectivity index is 2.59. The summed E-state index contributed by atoms with van der Waals surface area (Å²) in [5, 5.41) is 9.14. The molecule has 0 radical (unpaired) electrons. The molecule has 0 saturated heterocycles. The fourth-order valence-corrected chi connectivity index (χ4v) is 2.31. The van der Waals surface area contributed by atoms with Gasteiger partial charge in [0.2, 0.25) is 5.91 Å². The number of nitrogens with one attached hydrogen (secondary N) is 3. The lowest BCUT2D eigenvalue weighted by Gasteiger charge is -2.13. The van der Waals surface area contributed by atoms with Crippen LogP contribution in [0.2, 0.25) is 0 Å². The molecule has 0 aliphatic heterocycles. The Morgan fingerprint density at radius 3 is 2.35 bits per heavy atom. The van der Waals surface area contributed by atoms with Crippen LogP contribution in [0.5, 0.6) is 11.5 Å². The average Bonchev–Trinajstić information content (AvgIpc) is 2.61. The first-order valence-corrected chi connectivity index (χ1v) is 9.25. The van der Waals surface area contributed by atoms with E-state index in [2.05, 4.69) is 20.9 Å². The van der Waals surface area contributed by atoms with Crippen molar-refractivity contribution in [3.05, 3.63) is 23.8 Å². The first-order valence-electron chi connectivity index (χ1n) is 9.25. The van der Waals surface area contributed by atoms with Crippen LogP contribution in [0, 0.1) is 0 Å². The molecular formula is C19H32N4O3. The van der Waals surface area contributed by atoms with Crippen LogP contribution in [-0.4, -0.2) is 51.3 Å². The van der Waals surface area contributed by atoms with Crippen LogP contribution in [0.15, 0.2) is 23.2 Å². The Labute approximate surface area is 156 Å². The second-order valence-electron chi connectivity index (χ2n) is 5.57. The van der Waals surface area contributed by atoms with Crippen molar-refractivity contribution in [3.63, 3.8) is 0 Å². The number of ether oxygens (including phenoxy) is 2. The maximum Gasteiger partial charge on any atom is 0.216 e. The van der Waals surface area contributed by atoms with Crippen LogP contribution in [0.4, 0.5) is 0 Å². The normalized spacial score (nSPS) is 11.0. The first kappa shape index (κ1) is 21.6. The van der Waals surface area contributed by atoms with Gasteiger partial charge in [0, 0.05) is 33.1 Å². The third-order valence-corrected chi connectivity index (χ3v) is 3.41. The molecule has 26 heavy (non-hydrogen) atoms. The number of nitrogens with zero attached hydrogens (tertiary/aromatic N) is 1. The zero-order chi connectivity index (χ0) is 19.2. The largest absolute Gasteiger partial charge is 0.490 e. The summed E-state index contributed by atoms with van der Waals surface area (Å²) in [6, 6.07) is 6.01. The summed E-state index contributed by atoms with van der Waals surface area (Å²) >= 11 is 0. The van der Waals surface area contributed by atoms with E-state index < -0.39 is 0 Å². The second-order valence-corrected chi connectivity index (χ2v) is 5.57. The van der Waals surface area contributed by atoms with E-state index >= 15 is 0 Å². The minimum absolute atomic E-state index is 0.0330. The summed E-state index contributed by atoms with van der Waals surface area (Å²) in [5.41, 5.74) is 1.15. The summed E-state index contributed by atoms with van der Waals surface area (Å²) in [5.74, 6) is 2.26. The van der Waals surface area contributed by atoms with Gasteiger partial charge in [0.25, 0.3) is 0 Å². The molecule has 0 heterocycles. The molecule has 146 valence electrons. The van der Waals surface area contributed by atoms with Crippen molar-refractivity contribution < 1.29 is 14.3 Å². The fourth-order valence-electron chi connectivity index (χ4n) is 2.31. The molecule has 1 aromatic carbocycles. The molecular weight excluding hydrogens is 332 g/mol. The van der Waals surface area contributed by atoms with Crippen LogP contribution in [-0.2, 0) is 11.2 Å². The van der Waals surface area contributed by atoms with Crippen LogP contribution in [0.3, 0.4) is 0 Å². The number of carbonyl (C=O) groups is 1. The summed E-state index contributed by atoms with van der Waals surface area (Å²) < 4.78 is 11.2. The lowest BCUT2D eigenvalue weighted by atomic mass is 10.1. The van der Waals surface area contributed by atoms with E-state index in [0.717, 1.165) is 36.0 Å². The van der Waals surface area contributed by atoms with E-state index in [1.165, 1.54) is 6.92 Å². The molecule has 0 fully saturated rings. The molecule has 0 aliphatic rings. The highest BCUT2D eigenvalue weighted by molar-refractivity contribution is 5.79. The molecule has 0 spiro atoms. The van der Waals surface area contributed by atoms with Crippen molar-refractivity contribution in [2.75, 3.05) is 39.4 Å². The van der Waals surface area contributed by atoms with Crippen LogP contribution >= 0.6 is 0 Å². The highest BCUT2D eigenvalue weighted by Gasteiger charge is 2.06. The van der Waals surface area contributed by atoms with E-state index in [0.29, 0.717) is 32.8 Å². The van der Waals surface area contributed by atoms with E-state index in [-0.39, 0.29) is 5.91 Å². The molecule has 1 amide bonds. The predicted octanol–water partition coefficient (Wildman–Crippen LogP) is 1.72. The van der Waals surface area contributed by atoms with Gasteiger partial charge in [0.1, 0.15) is 0 Å². The molecule has 0 unspecified atom stereocenters. The highest BCUT2D eigenvalue weighted by atomic mass is 16.5. The van der Waals surface area contributed by atoms with Gasteiger partial charge in [0.05, 0.1) is 13.2 Å². The Kier molecular flexibility index (Phi) is 10.7. The van der Waals surface area contributed by atoms with Crippen LogP contribution < -0.4 is 25.4 Å². The quantitative estimate of drug-likeness (QED) is 0.316. The van der Waals surface area contributed by atoms with Crippen molar-refractivity contribution >= 4 is 11.9 Å². The van der Waals surface area contributed by atoms with Crippen molar-refractivity contribution in [1.29, 1.82) is 0 Å². The fraction of sp³-hybridized carbons (Fsp3) is 0.579. The molecule has 7 heteroatoms. The zero-order valence-corrected chi connectivity index (χ0v) is 16.4. The van der Waals surface area contributed by atoms with Gasteiger partial charge in [-0.25, -0.2) is 0 Å². The maximum absolute atomic E-state index is 10.9. The van der Waals surface area contributed by atoms with Crippen molar-refractivity contribution in [3.8, 4) is 11.5 Å². The molecule has 1 rings (SSSR count). The monoisotopic (exact) mass is 364 g/mol. The number of aliphatic imine (C=N–C) groups is 1. The van der Waals surface area contributed by atoms with Crippen molar-refractivity contribution in [2.24, 2.45) is 4.99 Å². The predicted molar refractivity (Wildman–Crippen MR) is 105 cm³/mol. The minimum atomic E-state index is -0.0330. The number of benzene rings is 1. The Hall–Kier alpha value is -2.44. The molecule has 0 bridgehead atoms. The minimum Gasteiger partial charge on any atom is -0.490 e. The maximum atomic E-state index is 10.9. The van der Waals surface area contributed by atoms with Gasteiger partial charge in [-0.3, -0.25) is 9.79 Å². The molecule has 0 aromatic heterocycles. The molecule has 0 saturated carbocycles. The second kappa shape index (κ2) is 12.9. The number of hydrogen-bond acceptors (Lipinski definition) is 4. The number of guanidine groups is 1. The Morgan fingerprint density at radius 1 is 1.00 bits per heavy atom. The van der Waals surface area contributed by atoms with Crippen molar-refractivity contribution in [2.45, 2.75) is 34.1 Å². The SMILES string of the molecule is CCNC(=NCCc1ccc(OCC)c(OCC)c1)NCCNC(C)=O. The number of hydrogen-bond donors (Lipinski definition) is 3. The number of carbonyl (C=O) groups excluding carboxylic acids is 1. The topological polar surface area (TPSA) is 84.0 Å². The van der Waals surface area contributed by atoms with Gasteiger partial charge in [-0.05, 0) is 44.9 Å². The van der Waals surface area contributed by atoms with E-state index in [1.54, 1.807) is 0 Å². The summed E-state index contributed by atoms with van der Waals surface area (Å²) in [6.07, 6.45) is 0.800. The van der Waals surface area contributed by atoms with E-state index in [9.17, 15) is 4.79 Å². The standard InChI is InChI=1S/C19H32N4O3/c1-5-20-19(23-13-12-21-15(4)24)22-11-10-16-8-9-17(25-6-2)18(14-16)26-7-3/h8-9,14H,5-7,10-13H2,1-4H3,(H,21,24)(H2,20,22,23). The smallest absolute Gasteiger partial charge is 0.216 e. The average molecular weight is 364 g/mol. The first-order chi connectivity index (χ1) is 12.6. The van der Waals surface area contributed by atoms with E-state index in [1.807, 2.05) is 39.0 Å². The van der Waals surface area contributed by atoms with E-state index in [4.69, 9.17) is 9.47 Å². The molecule has 1 aromatic rings. The van der Waals surface area contributed by atoms with Crippen LogP contribution in [0.1, 0.15) is 33.3 Å². The lowest BCUT2D eigenvalue weighted by molar-refractivity contribution is -0.118. The lowest BCUT2D eigenvalue weighted by Crippen LogP contribution is -2.41. The van der Waals surface area contributed by atoms with Gasteiger partial charge < -0.3 is 25.4 Å². The zero-order valence-electron chi connectivity index (χ0n) is 16.4. The number of amides is 1. The summed E-state index contributed by atoms with van der Waals surface area (Å²) in [7, 11) is 0. The van der Waals surface area contributed by atoms with Crippen molar-refractivity contribution in [1.82, 2.24) is 16.0 Å². The summed E-state index contributed by atoms with van der Waals surface area (Å²) in [6.45, 7) is 11.3. The molecule has 0 atom stereocenters.